The number of ether oxygens (including phenoxy) is 2. The van der Waals surface area contributed by atoms with Crippen LogP contribution in [0.15, 0.2) is 54.6 Å². The van der Waals surface area contributed by atoms with E-state index in [1.807, 2.05) is 61.5 Å². The van der Waals surface area contributed by atoms with E-state index in [1.54, 1.807) is 14.2 Å². The van der Waals surface area contributed by atoms with Gasteiger partial charge in [-0.25, -0.2) is 4.98 Å². The molecule has 3 rings (SSSR count). The van der Waals surface area contributed by atoms with Crippen LogP contribution in [0.2, 0.25) is 0 Å². The average Bonchev–Trinajstić information content (AvgIpc) is 2.62. The van der Waals surface area contributed by atoms with Crippen molar-refractivity contribution in [2.45, 2.75) is 6.92 Å². The van der Waals surface area contributed by atoms with E-state index in [1.165, 1.54) is 0 Å². The summed E-state index contributed by atoms with van der Waals surface area (Å²) in [7, 11) is 3.21. The van der Waals surface area contributed by atoms with E-state index in [0.717, 1.165) is 22.9 Å². The Bertz CT molecular complexity index is 853. The molecule has 6 heteroatoms. The third kappa shape index (κ3) is 4.17. The van der Waals surface area contributed by atoms with Crippen molar-refractivity contribution in [3.8, 4) is 11.5 Å². The number of aryl methyl sites for hydroxylation is 1. The number of aromatic nitrogens is 2. The van der Waals surface area contributed by atoms with Crippen molar-refractivity contribution >= 4 is 23.1 Å². The summed E-state index contributed by atoms with van der Waals surface area (Å²) in [4.78, 5) is 8.95. The van der Waals surface area contributed by atoms with Gasteiger partial charge in [-0.15, -0.1) is 0 Å². The zero-order chi connectivity index (χ0) is 17.6. The molecule has 0 radical (unpaired) electrons. The van der Waals surface area contributed by atoms with Crippen molar-refractivity contribution in [3.05, 3.63) is 60.3 Å². The van der Waals surface area contributed by atoms with Gasteiger partial charge in [0.15, 0.2) is 11.5 Å². The summed E-state index contributed by atoms with van der Waals surface area (Å²) < 4.78 is 10.6. The van der Waals surface area contributed by atoms with Crippen molar-refractivity contribution < 1.29 is 9.47 Å². The third-order valence-corrected chi connectivity index (χ3v) is 3.54. The monoisotopic (exact) mass is 336 g/mol. The number of hydrogen-bond donors (Lipinski definition) is 2. The molecule has 0 spiro atoms. The molecular formula is C19H20N4O2. The van der Waals surface area contributed by atoms with Gasteiger partial charge in [0, 0.05) is 29.2 Å². The fraction of sp³-hybridized carbons (Fsp3) is 0.158. The van der Waals surface area contributed by atoms with Gasteiger partial charge in [-0.3, -0.25) is 0 Å². The summed E-state index contributed by atoms with van der Waals surface area (Å²) in [6.07, 6.45) is 0. The normalized spacial score (nSPS) is 10.2. The molecule has 0 unspecified atom stereocenters. The first-order valence-corrected chi connectivity index (χ1v) is 7.85. The number of para-hydroxylation sites is 1. The summed E-state index contributed by atoms with van der Waals surface area (Å²) in [5, 5.41) is 6.48. The van der Waals surface area contributed by atoms with Gasteiger partial charge in [-0.05, 0) is 31.2 Å². The van der Waals surface area contributed by atoms with Gasteiger partial charge in [0.25, 0.3) is 0 Å². The Balaban J connectivity index is 1.83. The lowest BCUT2D eigenvalue weighted by Gasteiger charge is -2.12. The zero-order valence-electron chi connectivity index (χ0n) is 14.4. The number of rotatable bonds is 6. The molecule has 25 heavy (non-hydrogen) atoms. The summed E-state index contributed by atoms with van der Waals surface area (Å²) in [6.45, 7) is 1.93. The van der Waals surface area contributed by atoms with Gasteiger partial charge >= 0.3 is 0 Å². The topological polar surface area (TPSA) is 68.3 Å². The van der Waals surface area contributed by atoms with Gasteiger partial charge < -0.3 is 20.1 Å². The molecule has 0 bridgehead atoms. The van der Waals surface area contributed by atoms with E-state index < -0.39 is 0 Å². The van der Waals surface area contributed by atoms with Gasteiger partial charge in [-0.2, -0.15) is 4.98 Å². The minimum absolute atomic E-state index is 0.505. The lowest BCUT2D eigenvalue weighted by Crippen LogP contribution is -2.02. The molecule has 0 fully saturated rings. The molecule has 3 aromatic rings. The van der Waals surface area contributed by atoms with E-state index in [0.29, 0.717) is 17.4 Å². The van der Waals surface area contributed by atoms with Crippen molar-refractivity contribution in [1.82, 2.24) is 9.97 Å². The number of anilines is 4. The number of hydrogen-bond acceptors (Lipinski definition) is 6. The Morgan fingerprint density at radius 1 is 0.760 bits per heavy atom. The molecule has 6 nitrogen and oxygen atoms in total. The summed E-state index contributed by atoms with van der Waals surface area (Å²) in [6, 6.07) is 17.3. The number of nitrogens with one attached hydrogen (secondary N) is 2. The van der Waals surface area contributed by atoms with E-state index in [-0.39, 0.29) is 0 Å². The smallest absolute Gasteiger partial charge is 0.229 e. The first-order chi connectivity index (χ1) is 12.2. The van der Waals surface area contributed by atoms with Crippen LogP contribution in [0, 0.1) is 6.92 Å². The highest BCUT2D eigenvalue weighted by Crippen LogP contribution is 2.30. The minimum Gasteiger partial charge on any atom is -0.493 e. The molecule has 2 aromatic carbocycles. The van der Waals surface area contributed by atoms with Gasteiger partial charge in [-0.1, -0.05) is 18.2 Å². The highest BCUT2D eigenvalue weighted by Gasteiger charge is 2.07. The molecule has 0 aliphatic heterocycles. The van der Waals surface area contributed by atoms with Gasteiger partial charge in [0.05, 0.1) is 14.2 Å². The molecule has 0 atom stereocenters. The Hall–Kier alpha value is -3.28. The van der Waals surface area contributed by atoms with Crippen LogP contribution in [0.3, 0.4) is 0 Å². The standard InChI is InChI=1S/C19H20N4O2/c1-13-11-18(21-14-7-5-4-6-8-14)23-19(20-13)22-15-9-10-16(24-2)17(12-15)25-3/h4-12H,1-3H3,(H2,20,21,22,23). The first kappa shape index (κ1) is 16.6. The van der Waals surface area contributed by atoms with Crippen molar-refractivity contribution in [3.63, 3.8) is 0 Å². The quantitative estimate of drug-likeness (QED) is 0.700. The largest absolute Gasteiger partial charge is 0.493 e. The lowest BCUT2D eigenvalue weighted by molar-refractivity contribution is 0.355. The van der Waals surface area contributed by atoms with Crippen molar-refractivity contribution in [1.29, 1.82) is 0 Å². The molecule has 128 valence electrons. The van der Waals surface area contributed by atoms with E-state index in [4.69, 9.17) is 9.47 Å². The Morgan fingerprint density at radius 2 is 1.52 bits per heavy atom. The van der Waals surface area contributed by atoms with Gasteiger partial charge in [0.2, 0.25) is 5.95 Å². The second-order valence-electron chi connectivity index (χ2n) is 5.40. The summed E-state index contributed by atoms with van der Waals surface area (Å²) in [5.74, 6) is 2.54. The highest BCUT2D eigenvalue weighted by molar-refractivity contribution is 5.62. The average molecular weight is 336 g/mol. The summed E-state index contributed by atoms with van der Waals surface area (Å²) >= 11 is 0. The highest BCUT2D eigenvalue weighted by atomic mass is 16.5. The molecule has 1 aromatic heterocycles. The fourth-order valence-corrected chi connectivity index (χ4v) is 2.40. The van der Waals surface area contributed by atoms with Crippen molar-refractivity contribution in [2.75, 3.05) is 24.9 Å². The first-order valence-electron chi connectivity index (χ1n) is 7.85. The van der Waals surface area contributed by atoms with Crippen LogP contribution in [0.25, 0.3) is 0 Å². The molecule has 0 aliphatic rings. The lowest BCUT2D eigenvalue weighted by atomic mass is 10.2. The molecule has 0 amide bonds. The predicted molar refractivity (Wildman–Crippen MR) is 99.3 cm³/mol. The second-order valence-corrected chi connectivity index (χ2v) is 5.40. The molecule has 0 aliphatic carbocycles. The van der Waals surface area contributed by atoms with Crippen LogP contribution in [0.4, 0.5) is 23.1 Å². The number of nitrogens with zero attached hydrogens (tertiary/aromatic N) is 2. The van der Waals surface area contributed by atoms with Crippen LogP contribution in [0.1, 0.15) is 5.69 Å². The van der Waals surface area contributed by atoms with Crippen LogP contribution in [0.5, 0.6) is 11.5 Å². The molecular weight excluding hydrogens is 316 g/mol. The van der Waals surface area contributed by atoms with Crippen LogP contribution < -0.4 is 20.1 Å². The molecule has 0 saturated heterocycles. The molecule has 1 heterocycles. The van der Waals surface area contributed by atoms with E-state index >= 15 is 0 Å². The maximum Gasteiger partial charge on any atom is 0.229 e. The molecule has 2 N–H and O–H groups in total. The zero-order valence-corrected chi connectivity index (χ0v) is 14.4. The van der Waals surface area contributed by atoms with Gasteiger partial charge in [0.1, 0.15) is 5.82 Å². The third-order valence-electron chi connectivity index (χ3n) is 3.54. The Kier molecular flexibility index (Phi) is 4.99. The van der Waals surface area contributed by atoms with E-state index in [2.05, 4.69) is 20.6 Å². The predicted octanol–water partition coefficient (Wildman–Crippen LogP) is 4.29. The number of methoxy groups -OCH3 is 2. The Labute approximate surface area is 146 Å². The second kappa shape index (κ2) is 7.53. The van der Waals surface area contributed by atoms with Crippen LogP contribution in [-0.4, -0.2) is 24.2 Å². The number of benzene rings is 2. The fourth-order valence-electron chi connectivity index (χ4n) is 2.40. The van der Waals surface area contributed by atoms with Crippen LogP contribution in [-0.2, 0) is 0 Å². The van der Waals surface area contributed by atoms with Crippen LogP contribution >= 0.6 is 0 Å². The van der Waals surface area contributed by atoms with Crippen molar-refractivity contribution in [2.24, 2.45) is 0 Å². The minimum atomic E-state index is 0.505. The maximum atomic E-state index is 5.32. The SMILES string of the molecule is COc1ccc(Nc2nc(C)cc(Nc3ccccc3)n2)cc1OC. The van der Waals surface area contributed by atoms with E-state index in [9.17, 15) is 0 Å². The Morgan fingerprint density at radius 3 is 2.24 bits per heavy atom. The summed E-state index contributed by atoms with van der Waals surface area (Å²) in [5.41, 5.74) is 2.64. The molecule has 0 saturated carbocycles. The maximum absolute atomic E-state index is 5.32.